The van der Waals surface area contributed by atoms with Crippen molar-refractivity contribution >= 4 is 0 Å². The van der Waals surface area contributed by atoms with Crippen molar-refractivity contribution in [2.24, 2.45) is 0 Å². The first-order valence-electron chi connectivity index (χ1n) is 5.59. The van der Waals surface area contributed by atoms with Gasteiger partial charge < -0.3 is 14.2 Å². The Kier molecular flexibility index (Phi) is 2.75. The minimum absolute atomic E-state index is 0.178. The lowest BCUT2D eigenvalue weighted by Crippen LogP contribution is -1.89. The van der Waals surface area contributed by atoms with Crippen LogP contribution in [-0.2, 0) is 0 Å². The lowest BCUT2D eigenvalue weighted by molar-refractivity contribution is 0.386. The van der Waals surface area contributed by atoms with E-state index in [2.05, 4.69) is 15.1 Å². The number of nitrogens with one attached hydrogen (secondary N) is 1. The average Bonchev–Trinajstić information content (AvgIpc) is 3.09. The SMILES string of the molecule is COc1ccc(-c2noc(-c3ccc[nH]3)n2)cc1F. The normalized spacial score (nSPS) is 10.6. The minimum atomic E-state index is -0.466. The van der Waals surface area contributed by atoms with Gasteiger partial charge in [0.05, 0.1) is 7.11 Å². The summed E-state index contributed by atoms with van der Waals surface area (Å²) in [5.41, 5.74) is 1.24. The zero-order valence-electron chi connectivity index (χ0n) is 10.1. The van der Waals surface area contributed by atoms with Crippen molar-refractivity contribution in [3.8, 4) is 28.7 Å². The van der Waals surface area contributed by atoms with Gasteiger partial charge in [0.1, 0.15) is 5.69 Å². The van der Waals surface area contributed by atoms with Crippen molar-refractivity contribution in [2.45, 2.75) is 0 Å². The van der Waals surface area contributed by atoms with Crippen LogP contribution in [0.5, 0.6) is 5.75 Å². The number of ether oxygens (including phenoxy) is 1. The highest BCUT2D eigenvalue weighted by molar-refractivity contribution is 5.59. The van der Waals surface area contributed by atoms with E-state index in [1.165, 1.54) is 19.2 Å². The third kappa shape index (κ3) is 2.08. The van der Waals surface area contributed by atoms with Gasteiger partial charge in [-0.3, -0.25) is 0 Å². The van der Waals surface area contributed by atoms with Gasteiger partial charge in [0.15, 0.2) is 11.6 Å². The molecule has 2 heterocycles. The van der Waals surface area contributed by atoms with Crippen LogP contribution in [0.3, 0.4) is 0 Å². The number of methoxy groups -OCH3 is 1. The van der Waals surface area contributed by atoms with Crippen molar-refractivity contribution < 1.29 is 13.7 Å². The highest BCUT2D eigenvalue weighted by Gasteiger charge is 2.13. The van der Waals surface area contributed by atoms with Crippen LogP contribution < -0.4 is 4.74 Å². The maximum atomic E-state index is 13.6. The number of nitrogens with zero attached hydrogens (tertiary/aromatic N) is 2. The van der Waals surface area contributed by atoms with Crippen LogP contribution >= 0.6 is 0 Å². The van der Waals surface area contributed by atoms with Crippen molar-refractivity contribution in [1.29, 1.82) is 0 Å². The zero-order chi connectivity index (χ0) is 13.2. The first-order valence-corrected chi connectivity index (χ1v) is 5.59. The van der Waals surface area contributed by atoms with E-state index in [-0.39, 0.29) is 5.75 Å². The number of H-pyrrole nitrogens is 1. The van der Waals surface area contributed by atoms with Crippen molar-refractivity contribution in [3.63, 3.8) is 0 Å². The smallest absolute Gasteiger partial charge is 0.274 e. The van der Waals surface area contributed by atoms with Crippen LogP contribution in [-0.4, -0.2) is 22.2 Å². The molecule has 19 heavy (non-hydrogen) atoms. The first kappa shape index (κ1) is 11.5. The Morgan fingerprint density at radius 3 is 2.89 bits per heavy atom. The number of aromatic amines is 1. The van der Waals surface area contributed by atoms with E-state index in [1.807, 2.05) is 12.1 Å². The number of halogens is 1. The average molecular weight is 259 g/mol. The second-order valence-corrected chi connectivity index (χ2v) is 3.86. The van der Waals surface area contributed by atoms with Gasteiger partial charge in [-0.15, -0.1) is 0 Å². The summed E-state index contributed by atoms with van der Waals surface area (Å²) in [6.45, 7) is 0. The first-order chi connectivity index (χ1) is 9.28. The molecule has 2 aromatic heterocycles. The van der Waals surface area contributed by atoms with E-state index in [4.69, 9.17) is 9.26 Å². The molecule has 5 nitrogen and oxygen atoms in total. The molecule has 0 amide bonds. The van der Waals surface area contributed by atoms with Crippen LogP contribution in [0.4, 0.5) is 4.39 Å². The molecule has 1 N–H and O–H groups in total. The summed E-state index contributed by atoms with van der Waals surface area (Å²) in [5.74, 6) is 0.394. The molecular weight excluding hydrogens is 249 g/mol. The summed E-state index contributed by atoms with van der Waals surface area (Å²) < 4.78 is 23.6. The van der Waals surface area contributed by atoms with E-state index < -0.39 is 5.82 Å². The highest BCUT2D eigenvalue weighted by Crippen LogP contribution is 2.25. The fraction of sp³-hybridized carbons (Fsp3) is 0.0769. The maximum Gasteiger partial charge on any atom is 0.274 e. The van der Waals surface area contributed by atoms with Crippen LogP contribution in [0.2, 0.25) is 0 Å². The summed E-state index contributed by atoms with van der Waals surface area (Å²) in [7, 11) is 1.41. The molecule has 0 aliphatic carbocycles. The summed E-state index contributed by atoms with van der Waals surface area (Å²) in [5, 5.41) is 3.83. The molecule has 0 aliphatic rings. The van der Waals surface area contributed by atoms with E-state index in [1.54, 1.807) is 12.3 Å². The van der Waals surface area contributed by atoms with Crippen LogP contribution in [0.15, 0.2) is 41.1 Å². The molecule has 0 unspecified atom stereocenters. The molecule has 0 radical (unpaired) electrons. The number of benzene rings is 1. The molecular formula is C13H10FN3O2. The summed E-state index contributed by atoms with van der Waals surface area (Å²) >= 11 is 0. The highest BCUT2D eigenvalue weighted by atomic mass is 19.1. The molecule has 3 rings (SSSR count). The summed E-state index contributed by atoms with van der Waals surface area (Å²) in [4.78, 5) is 7.16. The van der Waals surface area contributed by atoms with Gasteiger partial charge in [-0.25, -0.2) is 4.39 Å². The van der Waals surface area contributed by atoms with Gasteiger partial charge in [0.25, 0.3) is 5.89 Å². The van der Waals surface area contributed by atoms with Crippen molar-refractivity contribution in [3.05, 3.63) is 42.3 Å². The molecule has 0 fully saturated rings. The summed E-state index contributed by atoms with van der Waals surface area (Å²) in [6.07, 6.45) is 1.76. The maximum absolute atomic E-state index is 13.6. The van der Waals surface area contributed by atoms with Crippen LogP contribution in [0, 0.1) is 5.82 Å². The third-order valence-corrected chi connectivity index (χ3v) is 2.66. The predicted molar refractivity (Wildman–Crippen MR) is 66.0 cm³/mol. The van der Waals surface area contributed by atoms with E-state index in [0.717, 1.165) is 0 Å². The Balaban J connectivity index is 1.97. The predicted octanol–water partition coefficient (Wildman–Crippen LogP) is 2.88. The van der Waals surface area contributed by atoms with Crippen LogP contribution in [0.1, 0.15) is 0 Å². The fourth-order valence-electron chi connectivity index (χ4n) is 1.72. The third-order valence-electron chi connectivity index (χ3n) is 2.66. The molecule has 0 saturated carbocycles. The molecule has 6 heteroatoms. The molecule has 96 valence electrons. The Bertz CT molecular complexity index is 692. The van der Waals surface area contributed by atoms with Gasteiger partial charge in [-0.2, -0.15) is 4.98 Å². The Morgan fingerprint density at radius 2 is 2.21 bits per heavy atom. The van der Waals surface area contributed by atoms with E-state index in [9.17, 15) is 4.39 Å². The van der Waals surface area contributed by atoms with Gasteiger partial charge in [-0.05, 0) is 30.3 Å². The summed E-state index contributed by atoms with van der Waals surface area (Å²) in [6, 6.07) is 8.14. The zero-order valence-corrected chi connectivity index (χ0v) is 10.1. The molecule has 0 aliphatic heterocycles. The minimum Gasteiger partial charge on any atom is -0.494 e. The molecule has 0 spiro atoms. The molecule has 3 aromatic rings. The monoisotopic (exact) mass is 259 g/mol. The Labute approximate surface area is 108 Å². The molecule has 0 atom stereocenters. The second-order valence-electron chi connectivity index (χ2n) is 3.86. The van der Waals surface area contributed by atoms with Crippen molar-refractivity contribution in [1.82, 2.24) is 15.1 Å². The van der Waals surface area contributed by atoms with Gasteiger partial charge in [-0.1, -0.05) is 5.16 Å². The van der Waals surface area contributed by atoms with Crippen molar-refractivity contribution in [2.75, 3.05) is 7.11 Å². The lowest BCUT2D eigenvalue weighted by atomic mass is 10.2. The number of hydrogen-bond acceptors (Lipinski definition) is 4. The molecule has 0 saturated heterocycles. The van der Waals surface area contributed by atoms with Gasteiger partial charge in [0.2, 0.25) is 5.82 Å². The largest absolute Gasteiger partial charge is 0.494 e. The number of rotatable bonds is 3. The quantitative estimate of drug-likeness (QED) is 0.785. The topological polar surface area (TPSA) is 63.9 Å². The fourth-order valence-corrected chi connectivity index (χ4v) is 1.72. The lowest BCUT2D eigenvalue weighted by Gasteiger charge is -2.01. The number of aromatic nitrogens is 3. The standard InChI is InChI=1S/C13H10FN3O2/c1-18-11-5-4-8(7-9(11)14)12-16-13(19-17-12)10-3-2-6-15-10/h2-7,15H,1H3. The molecule has 0 bridgehead atoms. The Morgan fingerprint density at radius 1 is 1.32 bits per heavy atom. The van der Waals surface area contributed by atoms with Crippen LogP contribution in [0.25, 0.3) is 23.0 Å². The van der Waals surface area contributed by atoms with E-state index in [0.29, 0.717) is 23.0 Å². The Hall–Kier alpha value is -2.63. The second kappa shape index (κ2) is 4.56. The van der Waals surface area contributed by atoms with E-state index >= 15 is 0 Å². The molecule has 1 aromatic carbocycles. The number of hydrogen-bond donors (Lipinski definition) is 1. The van der Waals surface area contributed by atoms with Gasteiger partial charge >= 0.3 is 0 Å². The van der Waals surface area contributed by atoms with Gasteiger partial charge in [0, 0.05) is 11.8 Å².